The summed E-state index contributed by atoms with van der Waals surface area (Å²) in [7, 11) is 0. The fourth-order valence-electron chi connectivity index (χ4n) is 4.88. The van der Waals surface area contributed by atoms with Gasteiger partial charge in [0.2, 0.25) is 11.2 Å². The fourth-order valence-corrected chi connectivity index (χ4v) is 6.16. The summed E-state index contributed by atoms with van der Waals surface area (Å²) >= 11 is 19.0. The Bertz CT molecular complexity index is 1500. The van der Waals surface area contributed by atoms with Gasteiger partial charge in [-0.2, -0.15) is 0 Å². The molecule has 3 N–H and O–H groups in total. The van der Waals surface area contributed by atoms with Gasteiger partial charge in [-0.15, -0.1) is 0 Å². The molecule has 0 fully saturated rings. The molecule has 10 heteroatoms. The van der Waals surface area contributed by atoms with Crippen molar-refractivity contribution in [3.05, 3.63) is 126 Å². The molecule has 0 bridgehead atoms. The van der Waals surface area contributed by atoms with E-state index in [9.17, 15) is 14.7 Å². The minimum Gasteiger partial charge on any atom is -0.478 e. The lowest BCUT2D eigenvalue weighted by atomic mass is 9.88. The number of carboxylic acids is 1. The quantitative estimate of drug-likeness (QED) is 0.230. The highest BCUT2D eigenvalue weighted by Crippen LogP contribution is 2.47. The van der Waals surface area contributed by atoms with Crippen LogP contribution in [0.15, 0.2) is 93.9 Å². The van der Waals surface area contributed by atoms with Crippen LogP contribution in [-0.2, 0) is 33.6 Å². The molecule has 6 nitrogen and oxygen atoms in total. The minimum absolute atomic E-state index is 0.239. The molecule has 0 saturated carbocycles. The second-order valence-electron chi connectivity index (χ2n) is 9.29. The smallest absolute Gasteiger partial charge is 0.353 e. The zero-order valence-corrected chi connectivity index (χ0v) is 25.4. The molecule has 4 aromatic rings. The molecule has 1 amide bonds. The van der Waals surface area contributed by atoms with E-state index in [0.717, 1.165) is 21.2 Å². The van der Waals surface area contributed by atoms with Gasteiger partial charge in [0.1, 0.15) is 11.5 Å². The van der Waals surface area contributed by atoms with Crippen LogP contribution in [0.25, 0.3) is 0 Å². The van der Waals surface area contributed by atoms with Crippen LogP contribution in [0.2, 0.25) is 10.0 Å². The number of hydrogen-bond donors (Lipinski definition) is 2. The summed E-state index contributed by atoms with van der Waals surface area (Å²) < 4.78 is 13.1. The largest absolute Gasteiger partial charge is 0.478 e. The van der Waals surface area contributed by atoms with Gasteiger partial charge in [0, 0.05) is 44.0 Å². The number of ether oxygens (including phenoxy) is 2. The van der Waals surface area contributed by atoms with E-state index in [1.807, 2.05) is 36.4 Å². The predicted octanol–water partition coefficient (Wildman–Crippen LogP) is 7.44. The predicted molar refractivity (Wildman–Crippen MR) is 160 cm³/mol. The number of benzene rings is 4. The molecule has 0 aliphatic carbocycles. The van der Waals surface area contributed by atoms with E-state index in [-0.39, 0.29) is 6.42 Å². The number of nitrogens with two attached hydrogens (primary N) is 1. The van der Waals surface area contributed by atoms with E-state index in [1.54, 1.807) is 48.5 Å². The van der Waals surface area contributed by atoms with Crippen molar-refractivity contribution in [2.75, 3.05) is 0 Å². The second kappa shape index (κ2) is 11.1. The van der Waals surface area contributed by atoms with Gasteiger partial charge in [0.05, 0.1) is 10.0 Å². The number of primary amides is 1. The van der Waals surface area contributed by atoms with Crippen LogP contribution in [0.5, 0.6) is 11.5 Å². The zero-order valence-electron chi connectivity index (χ0n) is 20.7. The van der Waals surface area contributed by atoms with Crippen LogP contribution in [0.4, 0.5) is 0 Å². The van der Waals surface area contributed by atoms with E-state index in [4.69, 9.17) is 38.4 Å². The number of aliphatic carboxylic acids is 1. The van der Waals surface area contributed by atoms with Crippen LogP contribution in [0.3, 0.4) is 0 Å². The van der Waals surface area contributed by atoms with Gasteiger partial charge in [-0.1, -0.05) is 83.9 Å². The summed E-state index contributed by atoms with van der Waals surface area (Å²) in [5.41, 5.74) is 6.06. The maximum atomic E-state index is 12.0. The van der Waals surface area contributed by atoms with Gasteiger partial charge in [0.15, 0.2) is 0 Å². The van der Waals surface area contributed by atoms with Gasteiger partial charge < -0.3 is 20.3 Å². The monoisotopic (exact) mass is 703 g/mol. The topological polar surface area (TPSA) is 98.9 Å². The SMILES string of the molecule is NC(=O)C1(c2ccccc2)Cc2c(ccc(Cl)c2Br)O1.O=C(O)C1(c2ccccc2)Cc2c(ccc(Cl)c2Br)O1. The molecule has 6 rings (SSSR count). The Labute approximate surface area is 257 Å². The van der Waals surface area contributed by atoms with Crippen LogP contribution < -0.4 is 15.2 Å². The van der Waals surface area contributed by atoms with Crippen LogP contribution >= 0.6 is 55.1 Å². The summed E-state index contributed by atoms with van der Waals surface area (Å²) in [5.74, 6) is -0.345. The molecule has 4 aromatic carbocycles. The molecular formula is C30H21Br2Cl2NO5. The molecule has 2 aliphatic heterocycles. The number of halogens is 4. The molecule has 2 unspecified atom stereocenters. The van der Waals surface area contributed by atoms with E-state index in [2.05, 4.69) is 31.9 Å². The molecule has 0 saturated heterocycles. The van der Waals surface area contributed by atoms with Gasteiger partial charge in [-0.3, -0.25) is 4.79 Å². The lowest BCUT2D eigenvalue weighted by Crippen LogP contribution is -2.45. The molecule has 2 atom stereocenters. The Kier molecular flexibility index (Phi) is 7.90. The van der Waals surface area contributed by atoms with Gasteiger partial charge >= 0.3 is 5.97 Å². The summed E-state index contributed by atoms with van der Waals surface area (Å²) in [6, 6.07) is 25.1. The lowest BCUT2D eigenvalue weighted by Gasteiger charge is -2.25. The van der Waals surface area contributed by atoms with E-state index < -0.39 is 23.1 Å². The highest BCUT2D eigenvalue weighted by atomic mass is 79.9. The van der Waals surface area contributed by atoms with Crippen molar-refractivity contribution in [2.45, 2.75) is 24.0 Å². The molecule has 0 radical (unpaired) electrons. The lowest BCUT2D eigenvalue weighted by molar-refractivity contribution is -0.154. The maximum absolute atomic E-state index is 12.0. The molecule has 0 aromatic heterocycles. The van der Waals surface area contributed by atoms with Crippen molar-refractivity contribution >= 4 is 66.9 Å². The normalized spacial score (nSPS) is 20.3. The number of fused-ring (bicyclic) bond motifs is 2. The number of carboxylic acid groups (broad SMARTS) is 1. The number of hydrogen-bond acceptors (Lipinski definition) is 4. The average Bonchev–Trinajstić information content (AvgIpc) is 3.57. The first-order valence-corrected chi connectivity index (χ1v) is 14.4. The van der Waals surface area contributed by atoms with Crippen molar-refractivity contribution in [3.63, 3.8) is 0 Å². The van der Waals surface area contributed by atoms with Crippen LogP contribution in [0.1, 0.15) is 22.3 Å². The third-order valence-electron chi connectivity index (χ3n) is 6.95. The third kappa shape index (κ3) is 4.87. The van der Waals surface area contributed by atoms with Crippen LogP contribution in [-0.4, -0.2) is 17.0 Å². The average molecular weight is 706 g/mol. The minimum atomic E-state index is -1.39. The first-order valence-electron chi connectivity index (χ1n) is 12.0. The van der Waals surface area contributed by atoms with Crippen LogP contribution in [0, 0.1) is 0 Å². The third-order valence-corrected chi connectivity index (χ3v) is 9.85. The van der Waals surface area contributed by atoms with Crippen molar-refractivity contribution in [1.82, 2.24) is 0 Å². The summed E-state index contributed by atoms with van der Waals surface area (Å²) in [6.07, 6.45) is 0.603. The molecule has 0 spiro atoms. The van der Waals surface area contributed by atoms with E-state index in [1.165, 1.54) is 0 Å². The Morgan fingerprint density at radius 3 is 1.52 bits per heavy atom. The molecular weight excluding hydrogens is 685 g/mol. The summed E-state index contributed by atoms with van der Waals surface area (Å²) in [4.78, 5) is 23.9. The number of carbonyl (C=O) groups is 2. The molecule has 2 aliphatic rings. The van der Waals surface area contributed by atoms with E-state index >= 15 is 0 Å². The number of rotatable bonds is 4. The van der Waals surface area contributed by atoms with Crippen molar-refractivity contribution in [1.29, 1.82) is 0 Å². The highest BCUT2D eigenvalue weighted by Gasteiger charge is 2.49. The van der Waals surface area contributed by atoms with Gasteiger partial charge in [0.25, 0.3) is 5.91 Å². The maximum Gasteiger partial charge on any atom is 0.353 e. The summed E-state index contributed by atoms with van der Waals surface area (Å²) in [5, 5.41) is 10.8. The Morgan fingerprint density at radius 2 is 1.10 bits per heavy atom. The summed E-state index contributed by atoms with van der Waals surface area (Å²) in [6.45, 7) is 0. The molecule has 204 valence electrons. The fraction of sp³-hybridized carbons (Fsp3) is 0.133. The Morgan fingerprint density at radius 1 is 0.700 bits per heavy atom. The number of carbonyl (C=O) groups excluding carboxylic acids is 1. The molecule has 2 heterocycles. The Balaban J connectivity index is 0.000000161. The van der Waals surface area contributed by atoms with E-state index in [0.29, 0.717) is 38.0 Å². The molecule has 40 heavy (non-hydrogen) atoms. The van der Waals surface area contributed by atoms with Crippen molar-refractivity contribution in [2.24, 2.45) is 5.73 Å². The van der Waals surface area contributed by atoms with Crippen molar-refractivity contribution in [3.8, 4) is 11.5 Å². The zero-order chi connectivity index (χ0) is 28.7. The number of amides is 1. The highest BCUT2D eigenvalue weighted by molar-refractivity contribution is 9.11. The first-order chi connectivity index (χ1) is 19.1. The first kappa shape index (κ1) is 28.5. The standard InChI is InChI=1S/C15H11BrClNO2.C15H10BrClO3/c2*16-13-10-8-15(14(18)19,9-4-2-1-3-5-9)20-12(10)7-6-11(13)17/h1-7H,8H2,(H2,18,19);1-7H,8H2,(H,18,19). The van der Waals surface area contributed by atoms with Gasteiger partial charge in [-0.25, -0.2) is 4.79 Å². The van der Waals surface area contributed by atoms with Gasteiger partial charge in [-0.05, 0) is 56.1 Å². The second-order valence-corrected chi connectivity index (χ2v) is 11.7. The Hall–Kier alpha value is -3.04. The van der Waals surface area contributed by atoms with Crippen molar-refractivity contribution < 1.29 is 24.2 Å².